The van der Waals surface area contributed by atoms with Gasteiger partial charge in [0.25, 0.3) is 0 Å². The van der Waals surface area contributed by atoms with Gasteiger partial charge in [-0.1, -0.05) is 12.1 Å². The Balaban J connectivity index is 1.64. The van der Waals surface area contributed by atoms with E-state index in [2.05, 4.69) is 20.5 Å². The van der Waals surface area contributed by atoms with Gasteiger partial charge in [-0.3, -0.25) is 9.89 Å². The predicted octanol–water partition coefficient (Wildman–Crippen LogP) is 3.58. The second-order valence-electron chi connectivity index (χ2n) is 7.95. The van der Waals surface area contributed by atoms with Gasteiger partial charge in [-0.05, 0) is 63.4 Å². The molecule has 2 N–H and O–H groups in total. The highest BCUT2D eigenvalue weighted by atomic mass is 19.4. The smallest absolute Gasteiger partial charge is 0.381 e. The summed E-state index contributed by atoms with van der Waals surface area (Å²) in [6, 6.07) is 5.12. The number of benzene rings is 1. The molecule has 1 aromatic carbocycles. The number of halogens is 3. The molecular weight excluding hydrogens is 381 g/mol. The largest absolute Gasteiger partial charge is 0.416 e. The number of likely N-dealkylation sites (tertiary alicyclic amines) is 1. The van der Waals surface area contributed by atoms with Gasteiger partial charge in [0.2, 0.25) is 0 Å². The molecule has 2 saturated heterocycles. The molecule has 0 aromatic heterocycles. The normalized spacial score (nSPS) is 21.8. The molecule has 5 nitrogen and oxygen atoms in total. The zero-order chi connectivity index (χ0) is 20.9. The fraction of sp³-hybridized carbons (Fsp3) is 0.667. The van der Waals surface area contributed by atoms with Gasteiger partial charge in [-0.15, -0.1) is 0 Å². The Morgan fingerprint density at radius 2 is 1.93 bits per heavy atom. The van der Waals surface area contributed by atoms with Crippen LogP contribution in [-0.4, -0.2) is 56.3 Å². The van der Waals surface area contributed by atoms with Crippen LogP contribution in [0.2, 0.25) is 0 Å². The minimum atomic E-state index is -4.35. The number of hydrogen-bond acceptors (Lipinski definition) is 3. The number of nitrogens with one attached hydrogen (secondary N) is 2. The molecule has 1 unspecified atom stereocenters. The molecule has 0 aliphatic carbocycles. The lowest BCUT2D eigenvalue weighted by Gasteiger charge is -2.45. The van der Waals surface area contributed by atoms with Crippen LogP contribution in [0.3, 0.4) is 0 Å². The van der Waals surface area contributed by atoms with Crippen molar-refractivity contribution in [3.63, 3.8) is 0 Å². The Hall–Kier alpha value is -1.80. The predicted molar refractivity (Wildman–Crippen MR) is 108 cm³/mol. The molecule has 0 spiro atoms. The number of aliphatic imine (C=N–C) groups is 1. The van der Waals surface area contributed by atoms with E-state index in [1.165, 1.54) is 25.0 Å². The molecular formula is C21H31F3N4O. The molecule has 29 heavy (non-hydrogen) atoms. The lowest BCUT2D eigenvalue weighted by Crippen LogP contribution is -2.58. The Kier molecular flexibility index (Phi) is 7.05. The van der Waals surface area contributed by atoms with Crippen LogP contribution in [0.1, 0.15) is 49.8 Å². The summed E-state index contributed by atoms with van der Waals surface area (Å²) >= 11 is 0. The molecule has 2 fully saturated rings. The Morgan fingerprint density at radius 1 is 1.24 bits per heavy atom. The highest BCUT2D eigenvalue weighted by Gasteiger charge is 2.39. The van der Waals surface area contributed by atoms with Crippen molar-refractivity contribution in [3.8, 4) is 0 Å². The number of guanidine groups is 1. The summed E-state index contributed by atoms with van der Waals surface area (Å²) in [5.74, 6) is 0.597. The maximum Gasteiger partial charge on any atom is 0.416 e. The second-order valence-corrected chi connectivity index (χ2v) is 7.95. The summed E-state index contributed by atoms with van der Waals surface area (Å²) < 4.78 is 44.6. The van der Waals surface area contributed by atoms with Crippen molar-refractivity contribution in [2.45, 2.75) is 50.4 Å². The van der Waals surface area contributed by atoms with Crippen molar-refractivity contribution in [3.05, 3.63) is 35.4 Å². The fourth-order valence-corrected chi connectivity index (χ4v) is 4.26. The summed E-state index contributed by atoms with van der Waals surface area (Å²) in [4.78, 5) is 6.85. The van der Waals surface area contributed by atoms with E-state index in [9.17, 15) is 13.2 Å². The third-order valence-corrected chi connectivity index (χ3v) is 6.08. The van der Waals surface area contributed by atoms with Crippen molar-refractivity contribution >= 4 is 5.96 Å². The quantitative estimate of drug-likeness (QED) is 0.573. The molecule has 8 heteroatoms. The summed E-state index contributed by atoms with van der Waals surface area (Å²) in [6.07, 6.45) is 0.0471. The molecule has 162 valence electrons. The number of rotatable bonds is 5. The maximum atomic E-state index is 13.0. The zero-order valence-corrected chi connectivity index (χ0v) is 17.2. The summed E-state index contributed by atoms with van der Waals surface area (Å²) in [6.45, 7) is 6.30. The van der Waals surface area contributed by atoms with E-state index in [0.717, 1.165) is 51.8 Å². The topological polar surface area (TPSA) is 48.9 Å². The van der Waals surface area contributed by atoms with Crippen LogP contribution in [0.4, 0.5) is 13.2 Å². The van der Waals surface area contributed by atoms with Gasteiger partial charge in [0, 0.05) is 32.3 Å². The number of nitrogens with zero attached hydrogens (tertiary/aromatic N) is 2. The highest BCUT2D eigenvalue weighted by molar-refractivity contribution is 5.80. The van der Waals surface area contributed by atoms with Crippen molar-refractivity contribution in [1.82, 2.24) is 15.5 Å². The standard InChI is InChI=1S/C21H31F3N4O/c1-16(17-6-5-7-18(14-17)21(22,23)24)27-19(25-2)26-15-20(8-12-29-13-9-20)28-10-3-4-11-28/h5-7,14,16H,3-4,8-13,15H2,1-2H3,(H2,25,26,27). The third-order valence-electron chi connectivity index (χ3n) is 6.08. The van der Waals surface area contributed by atoms with Crippen LogP contribution in [0.5, 0.6) is 0 Å². The monoisotopic (exact) mass is 412 g/mol. The summed E-state index contributed by atoms with van der Waals surface area (Å²) in [5, 5.41) is 6.65. The number of ether oxygens (including phenoxy) is 1. The molecule has 0 saturated carbocycles. The molecule has 2 heterocycles. The van der Waals surface area contributed by atoms with Gasteiger partial charge in [0.05, 0.1) is 11.6 Å². The third kappa shape index (κ3) is 5.42. The highest BCUT2D eigenvalue weighted by Crippen LogP contribution is 2.32. The molecule has 1 aromatic rings. The molecule has 0 bridgehead atoms. The van der Waals surface area contributed by atoms with Gasteiger partial charge < -0.3 is 15.4 Å². The Bertz CT molecular complexity index is 695. The van der Waals surface area contributed by atoms with E-state index in [-0.39, 0.29) is 11.6 Å². The average Bonchev–Trinajstić information content (AvgIpc) is 3.27. The van der Waals surface area contributed by atoms with E-state index in [0.29, 0.717) is 11.5 Å². The molecule has 0 radical (unpaired) electrons. The first-order chi connectivity index (χ1) is 13.8. The van der Waals surface area contributed by atoms with Crippen molar-refractivity contribution in [2.75, 3.05) is 39.9 Å². The van der Waals surface area contributed by atoms with E-state index >= 15 is 0 Å². The molecule has 1 atom stereocenters. The van der Waals surface area contributed by atoms with E-state index < -0.39 is 11.7 Å². The minimum absolute atomic E-state index is 0.0474. The first-order valence-corrected chi connectivity index (χ1v) is 10.3. The number of hydrogen-bond donors (Lipinski definition) is 2. The summed E-state index contributed by atoms with van der Waals surface area (Å²) in [5.41, 5.74) is -0.0175. The van der Waals surface area contributed by atoms with Crippen LogP contribution in [-0.2, 0) is 10.9 Å². The number of alkyl halides is 3. The maximum absolute atomic E-state index is 13.0. The molecule has 0 amide bonds. The first kappa shape index (κ1) is 21.9. The molecule has 3 rings (SSSR count). The van der Waals surface area contributed by atoms with Crippen molar-refractivity contribution in [2.24, 2.45) is 4.99 Å². The van der Waals surface area contributed by atoms with Crippen LogP contribution in [0, 0.1) is 0 Å². The Labute approximate surface area is 170 Å². The summed E-state index contributed by atoms with van der Waals surface area (Å²) in [7, 11) is 1.68. The SMILES string of the molecule is CN=C(NCC1(N2CCCC2)CCOCC1)NC(C)c1cccc(C(F)(F)F)c1. The zero-order valence-electron chi connectivity index (χ0n) is 17.2. The van der Waals surface area contributed by atoms with E-state index in [1.54, 1.807) is 13.1 Å². The lowest BCUT2D eigenvalue weighted by atomic mass is 9.88. The second kappa shape index (κ2) is 9.34. The van der Waals surface area contributed by atoms with Gasteiger partial charge in [-0.2, -0.15) is 13.2 Å². The van der Waals surface area contributed by atoms with Crippen LogP contribution >= 0.6 is 0 Å². The van der Waals surface area contributed by atoms with Crippen LogP contribution < -0.4 is 10.6 Å². The van der Waals surface area contributed by atoms with E-state index in [1.807, 2.05) is 6.92 Å². The van der Waals surface area contributed by atoms with Gasteiger partial charge in [-0.25, -0.2) is 0 Å². The fourth-order valence-electron chi connectivity index (χ4n) is 4.26. The van der Waals surface area contributed by atoms with Crippen LogP contribution in [0.25, 0.3) is 0 Å². The first-order valence-electron chi connectivity index (χ1n) is 10.3. The minimum Gasteiger partial charge on any atom is -0.381 e. The van der Waals surface area contributed by atoms with Crippen molar-refractivity contribution < 1.29 is 17.9 Å². The lowest BCUT2D eigenvalue weighted by molar-refractivity contribution is -0.137. The molecule has 2 aliphatic heterocycles. The van der Waals surface area contributed by atoms with E-state index in [4.69, 9.17) is 4.74 Å². The van der Waals surface area contributed by atoms with Gasteiger partial charge >= 0.3 is 6.18 Å². The van der Waals surface area contributed by atoms with Crippen molar-refractivity contribution in [1.29, 1.82) is 0 Å². The van der Waals surface area contributed by atoms with Gasteiger partial charge in [0.15, 0.2) is 5.96 Å². The average molecular weight is 412 g/mol. The molecule has 2 aliphatic rings. The van der Waals surface area contributed by atoms with Crippen LogP contribution in [0.15, 0.2) is 29.3 Å². The van der Waals surface area contributed by atoms with Gasteiger partial charge in [0.1, 0.15) is 0 Å². The Morgan fingerprint density at radius 3 is 2.55 bits per heavy atom.